The number of likely N-dealkylation sites (tertiary alicyclic amines) is 1. The number of thioether (sulfide) groups is 1. The van der Waals surface area contributed by atoms with E-state index in [1.165, 1.54) is 23.9 Å². The molecule has 1 aliphatic heterocycles. The second-order valence-corrected chi connectivity index (χ2v) is 14.5. The molecule has 1 saturated carbocycles. The van der Waals surface area contributed by atoms with Gasteiger partial charge >= 0.3 is 12.2 Å². The molecule has 0 radical (unpaired) electrons. The van der Waals surface area contributed by atoms with Crippen LogP contribution in [-0.2, 0) is 20.8 Å². The molecule has 2 aromatic rings. The number of benzene rings is 2. The Morgan fingerprint density at radius 1 is 1.12 bits per heavy atom. The Labute approximate surface area is 255 Å². The normalized spacial score (nSPS) is 23.2. The van der Waals surface area contributed by atoms with Crippen molar-refractivity contribution in [1.82, 2.24) is 15.1 Å². The Bertz CT molecular complexity index is 1400. The third-order valence-electron chi connectivity index (χ3n) is 8.55. The Balaban J connectivity index is 1.48. The standard InChI is InChI=1S/C30H39F3N4O4S2/c1-19(2)36(3)23-8-13-27(20(16-23)18-43(40,41)25-11-9-24(42-4)10-12-25)37-15-14-26(28(37)38)35-29(39)34-22-7-5-6-21(17-22)30(31,32)33/h5-7,9-12,17,19-20,23,26-27H,8,13-16,18H2,1-4H3,(H2,34,35,39)/t20-,23?,26-,27?/m0/s1. The van der Waals surface area contributed by atoms with Crippen LogP contribution < -0.4 is 10.6 Å². The van der Waals surface area contributed by atoms with Crippen molar-refractivity contribution in [1.29, 1.82) is 0 Å². The summed E-state index contributed by atoms with van der Waals surface area (Å²) < 4.78 is 66.3. The zero-order valence-electron chi connectivity index (χ0n) is 24.7. The van der Waals surface area contributed by atoms with Crippen LogP contribution in [0, 0.1) is 5.92 Å². The van der Waals surface area contributed by atoms with Crippen molar-refractivity contribution in [2.24, 2.45) is 5.92 Å². The van der Waals surface area contributed by atoms with Crippen molar-refractivity contribution in [3.8, 4) is 0 Å². The number of urea groups is 1. The van der Waals surface area contributed by atoms with Crippen molar-refractivity contribution in [2.75, 3.05) is 30.9 Å². The number of alkyl halides is 3. The van der Waals surface area contributed by atoms with E-state index in [1.54, 1.807) is 29.2 Å². The van der Waals surface area contributed by atoms with Crippen LogP contribution in [0.5, 0.6) is 0 Å². The summed E-state index contributed by atoms with van der Waals surface area (Å²) in [6, 6.07) is 9.57. The quantitative estimate of drug-likeness (QED) is 0.352. The van der Waals surface area contributed by atoms with Gasteiger partial charge in [0.15, 0.2) is 9.84 Å². The van der Waals surface area contributed by atoms with E-state index in [0.29, 0.717) is 25.8 Å². The average Bonchev–Trinajstić information content (AvgIpc) is 3.31. The lowest BCUT2D eigenvalue weighted by Gasteiger charge is -2.44. The lowest BCUT2D eigenvalue weighted by molar-refractivity contribution is -0.137. The van der Waals surface area contributed by atoms with Gasteiger partial charge in [-0.05, 0) is 101 Å². The van der Waals surface area contributed by atoms with Crippen molar-refractivity contribution < 1.29 is 31.2 Å². The molecule has 2 aromatic carbocycles. The second-order valence-electron chi connectivity index (χ2n) is 11.6. The van der Waals surface area contributed by atoms with Gasteiger partial charge in [-0.15, -0.1) is 11.8 Å². The Hall–Kier alpha value is -2.77. The van der Waals surface area contributed by atoms with E-state index in [9.17, 15) is 31.2 Å². The highest BCUT2D eigenvalue weighted by atomic mass is 32.2. The molecule has 2 fully saturated rings. The van der Waals surface area contributed by atoms with Gasteiger partial charge in [0, 0.05) is 35.3 Å². The molecular formula is C30H39F3N4O4S2. The molecule has 1 aliphatic carbocycles. The zero-order valence-corrected chi connectivity index (χ0v) is 26.4. The molecule has 0 aromatic heterocycles. The fourth-order valence-electron chi connectivity index (χ4n) is 6.03. The van der Waals surface area contributed by atoms with Gasteiger partial charge in [0.05, 0.1) is 16.2 Å². The van der Waals surface area contributed by atoms with Crippen LogP contribution in [-0.4, -0.2) is 79.9 Å². The molecular weight excluding hydrogens is 601 g/mol. The summed E-state index contributed by atoms with van der Waals surface area (Å²) in [5, 5.41) is 4.98. The number of carbonyl (C=O) groups is 2. The van der Waals surface area contributed by atoms with Crippen LogP contribution in [0.3, 0.4) is 0 Å². The van der Waals surface area contributed by atoms with Gasteiger partial charge in [-0.2, -0.15) is 13.2 Å². The highest BCUT2D eigenvalue weighted by Crippen LogP contribution is 2.36. The first-order valence-electron chi connectivity index (χ1n) is 14.3. The minimum atomic E-state index is -4.55. The second kappa shape index (κ2) is 13.5. The van der Waals surface area contributed by atoms with Gasteiger partial charge in [0.1, 0.15) is 6.04 Å². The number of nitrogens with zero attached hydrogens (tertiary/aromatic N) is 2. The summed E-state index contributed by atoms with van der Waals surface area (Å²) in [5.74, 6) is -0.727. The summed E-state index contributed by atoms with van der Waals surface area (Å²) in [5.41, 5.74) is -0.939. The molecule has 0 spiro atoms. The van der Waals surface area contributed by atoms with E-state index >= 15 is 0 Å². The molecule has 4 atom stereocenters. The molecule has 4 rings (SSSR count). The number of carbonyl (C=O) groups excluding carboxylic acids is 2. The van der Waals surface area contributed by atoms with Gasteiger partial charge < -0.3 is 20.4 Å². The minimum absolute atomic E-state index is 0.0435. The van der Waals surface area contributed by atoms with Gasteiger partial charge in [-0.3, -0.25) is 4.79 Å². The first-order chi connectivity index (χ1) is 20.2. The molecule has 2 unspecified atom stereocenters. The maximum atomic E-state index is 13.6. The van der Waals surface area contributed by atoms with E-state index in [1.807, 2.05) is 13.3 Å². The Morgan fingerprint density at radius 2 is 1.81 bits per heavy atom. The van der Waals surface area contributed by atoms with Crippen LogP contribution in [0.2, 0.25) is 0 Å². The topological polar surface area (TPSA) is 98.8 Å². The van der Waals surface area contributed by atoms with Gasteiger partial charge in [-0.25, -0.2) is 13.2 Å². The molecule has 2 N–H and O–H groups in total. The first-order valence-corrected chi connectivity index (χ1v) is 17.2. The van der Waals surface area contributed by atoms with E-state index in [4.69, 9.17) is 0 Å². The molecule has 3 amide bonds. The SMILES string of the molecule is CSc1ccc(S(=O)(=O)C[C@@H]2CC(N(C)C(C)C)CCC2N2CC[C@H](NC(=O)Nc3cccc(C(F)(F)F)c3)C2=O)cc1. The van der Waals surface area contributed by atoms with E-state index < -0.39 is 33.6 Å². The van der Waals surface area contributed by atoms with Crippen LogP contribution >= 0.6 is 11.8 Å². The number of rotatable bonds is 9. The van der Waals surface area contributed by atoms with Crippen LogP contribution in [0.1, 0.15) is 45.1 Å². The number of anilines is 1. The van der Waals surface area contributed by atoms with E-state index in [2.05, 4.69) is 29.4 Å². The van der Waals surface area contributed by atoms with E-state index in [0.717, 1.165) is 23.4 Å². The van der Waals surface area contributed by atoms with Crippen LogP contribution in [0.4, 0.5) is 23.7 Å². The van der Waals surface area contributed by atoms with Crippen molar-refractivity contribution >= 4 is 39.2 Å². The fraction of sp³-hybridized carbons (Fsp3) is 0.533. The highest BCUT2D eigenvalue weighted by molar-refractivity contribution is 7.98. The molecule has 8 nitrogen and oxygen atoms in total. The van der Waals surface area contributed by atoms with Crippen LogP contribution in [0.25, 0.3) is 0 Å². The number of sulfone groups is 1. The number of hydrogen-bond donors (Lipinski definition) is 2. The molecule has 13 heteroatoms. The first kappa shape index (κ1) is 33.1. The lowest BCUT2D eigenvalue weighted by atomic mass is 9.81. The smallest absolute Gasteiger partial charge is 0.338 e. The summed E-state index contributed by atoms with van der Waals surface area (Å²) in [6.45, 7) is 4.54. The fourth-order valence-corrected chi connectivity index (χ4v) is 8.10. The number of amides is 3. The average molecular weight is 641 g/mol. The van der Waals surface area contributed by atoms with Crippen molar-refractivity contribution in [3.05, 3.63) is 54.1 Å². The summed E-state index contributed by atoms with van der Waals surface area (Å²) >= 11 is 1.53. The monoisotopic (exact) mass is 640 g/mol. The third-order valence-corrected chi connectivity index (χ3v) is 11.2. The predicted octanol–water partition coefficient (Wildman–Crippen LogP) is 5.50. The molecule has 1 heterocycles. The maximum absolute atomic E-state index is 13.6. The van der Waals surface area contributed by atoms with E-state index in [-0.39, 0.29) is 46.3 Å². The highest BCUT2D eigenvalue weighted by Gasteiger charge is 2.44. The maximum Gasteiger partial charge on any atom is 0.416 e. The molecule has 1 saturated heterocycles. The predicted molar refractivity (Wildman–Crippen MR) is 162 cm³/mol. The summed E-state index contributed by atoms with van der Waals surface area (Å²) in [7, 11) is -1.61. The largest absolute Gasteiger partial charge is 0.416 e. The number of halogens is 3. The van der Waals surface area contributed by atoms with Crippen molar-refractivity contribution in [3.63, 3.8) is 0 Å². The Morgan fingerprint density at radius 3 is 2.44 bits per heavy atom. The van der Waals surface area contributed by atoms with Gasteiger partial charge in [-0.1, -0.05) is 6.07 Å². The number of nitrogens with one attached hydrogen (secondary N) is 2. The molecule has 2 aliphatic rings. The number of hydrogen-bond acceptors (Lipinski definition) is 6. The minimum Gasteiger partial charge on any atom is -0.338 e. The molecule has 0 bridgehead atoms. The van der Waals surface area contributed by atoms with Crippen molar-refractivity contribution in [2.45, 2.75) is 79.7 Å². The van der Waals surface area contributed by atoms with Crippen LogP contribution in [0.15, 0.2) is 58.3 Å². The van der Waals surface area contributed by atoms with Gasteiger partial charge in [0.2, 0.25) is 5.91 Å². The lowest BCUT2D eigenvalue weighted by Crippen LogP contribution is -2.53. The van der Waals surface area contributed by atoms with Gasteiger partial charge in [0.25, 0.3) is 0 Å². The molecule has 43 heavy (non-hydrogen) atoms. The molecule has 236 valence electrons. The zero-order chi connectivity index (χ0) is 31.5. The summed E-state index contributed by atoms with van der Waals surface area (Å²) in [4.78, 5) is 31.3. The summed E-state index contributed by atoms with van der Waals surface area (Å²) in [6.07, 6.45) is -0.277. The Kier molecular flexibility index (Phi) is 10.4. The third kappa shape index (κ3) is 8.04.